The van der Waals surface area contributed by atoms with E-state index in [1.165, 1.54) is 10.8 Å². The van der Waals surface area contributed by atoms with Gasteiger partial charge in [-0.25, -0.2) is 4.98 Å². The molecule has 0 N–H and O–H groups in total. The van der Waals surface area contributed by atoms with Crippen molar-refractivity contribution in [2.45, 2.75) is 0 Å². The number of benzene rings is 8. The minimum atomic E-state index is 0.513. The number of furan rings is 2. The molecule has 0 saturated carbocycles. The highest BCUT2D eigenvalue weighted by molar-refractivity contribution is 6.13. The van der Waals surface area contributed by atoms with Crippen molar-refractivity contribution < 1.29 is 8.83 Å². The molecule has 13 aromatic rings. The average Bonchev–Trinajstić information content (AvgIpc) is 4.03. The SMILES string of the molecule is c1ccc2c(c1)oc1cc(-c3nc(-c4cccc5c4oc4ccc(-n6c7ccccc7c7ccccc76)cc45)nc(-n4c5ccccc5c5ccccc54)n3)ccc12. The summed E-state index contributed by atoms with van der Waals surface area (Å²) >= 11 is 0. The van der Waals surface area contributed by atoms with Crippen molar-refractivity contribution in [3.05, 3.63) is 176 Å². The van der Waals surface area contributed by atoms with Crippen molar-refractivity contribution in [3.8, 4) is 34.4 Å². The first kappa shape index (κ1) is 31.2. The van der Waals surface area contributed by atoms with Crippen molar-refractivity contribution in [1.29, 1.82) is 0 Å². The number of nitrogens with zero attached hydrogens (tertiary/aromatic N) is 5. The van der Waals surface area contributed by atoms with Crippen LogP contribution >= 0.6 is 0 Å². The van der Waals surface area contributed by atoms with Crippen LogP contribution in [0.1, 0.15) is 0 Å². The fraction of sp³-hybridized carbons (Fsp3) is 0. The molecule has 58 heavy (non-hydrogen) atoms. The van der Waals surface area contributed by atoms with E-state index in [2.05, 4.69) is 155 Å². The molecule has 7 heteroatoms. The van der Waals surface area contributed by atoms with Crippen LogP contribution in [0, 0.1) is 0 Å². The first-order chi connectivity index (χ1) is 28.7. The summed E-state index contributed by atoms with van der Waals surface area (Å²) in [5.41, 5.74) is 10.1. The number of fused-ring (bicyclic) bond motifs is 12. The Morgan fingerprint density at radius 1 is 0.345 bits per heavy atom. The van der Waals surface area contributed by atoms with Crippen LogP contribution in [0.15, 0.2) is 185 Å². The number of hydrogen-bond acceptors (Lipinski definition) is 5. The van der Waals surface area contributed by atoms with Crippen LogP contribution in [0.3, 0.4) is 0 Å². The van der Waals surface area contributed by atoms with E-state index < -0.39 is 0 Å². The zero-order valence-electron chi connectivity index (χ0n) is 30.8. The van der Waals surface area contributed by atoms with Crippen LogP contribution in [0.25, 0.3) is 122 Å². The molecular weight excluding hydrogens is 715 g/mol. The maximum absolute atomic E-state index is 6.76. The Morgan fingerprint density at radius 2 is 0.897 bits per heavy atom. The highest BCUT2D eigenvalue weighted by Gasteiger charge is 2.22. The number of hydrogen-bond donors (Lipinski definition) is 0. The van der Waals surface area contributed by atoms with Crippen LogP contribution in [-0.2, 0) is 0 Å². The molecule has 0 saturated heterocycles. The third-order valence-corrected chi connectivity index (χ3v) is 11.6. The lowest BCUT2D eigenvalue weighted by molar-refractivity contribution is 0.668. The van der Waals surface area contributed by atoms with Crippen LogP contribution in [0.2, 0.25) is 0 Å². The summed E-state index contributed by atoms with van der Waals surface area (Å²) in [4.78, 5) is 15.7. The molecule has 0 aliphatic carbocycles. The molecule has 0 fully saturated rings. The fourth-order valence-electron chi connectivity index (χ4n) is 9.02. The monoisotopic (exact) mass is 743 g/mol. The fourth-order valence-corrected chi connectivity index (χ4v) is 9.02. The summed E-state index contributed by atoms with van der Waals surface area (Å²) in [5.74, 6) is 1.56. The average molecular weight is 744 g/mol. The molecule has 0 unspecified atom stereocenters. The molecule has 8 aromatic carbocycles. The Bertz CT molecular complexity index is 3720. The molecule has 0 spiro atoms. The molecular formula is C51H29N5O2. The van der Waals surface area contributed by atoms with Crippen LogP contribution in [-0.4, -0.2) is 24.1 Å². The van der Waals surface area contributed by atoms with Gasteiger partial charge in [0, 0.05) is 54.3 Å². The molecule has 0 bridgehead atoms. The Kier molecular flexibility index (Phi) is 6.32. The van der Waals surface area contributed by atoms with Gasteiger partial charge in [0.15, 0.2) is 11.6 Å². The van der Waals surface area contributed by atoms with Crippen molar-refractivity contribution in [1.82, 2.24) is 24.1 Å². The lowest BCUT2D eigenvalue weighted by Crippen LogP contribution is -2.06. The highest BCUT2D eigenvalue weighted by Crippen LogP contribution is 2.40. The minimum Gasteiger partial charge on any atom is -0.456 e. The first-order valence-corrected chi connectivity index (χ1v) is 19.4. The summed E-state index contributed by atoms with van der Waals surface area (Å²) < 4.78 is 17.6. The third-order valence-electron chi connectivity index (χ3n) is 11.6. The Morgan fingerprint density at radius 3 is 1.59 bits per heavy atom. The predicted octanol–water partition coefficient (Wildman–Crippen LogP) is 13.2. The zero-order chi connectivity index (χ0) is 37.9. The second-order valence-corrected chi connectivity index (χ2v) is 14.8. The smallest absolute Gasteiger partial charge is 0.238 e. The van der Waals surface area contributed by atoms with Crippen molar-refractivity contribution >= 4 is 87.5 Å². The highest BCUT2D eigenvalue weighted by atomic mass is 16.3. The van der Waals surface area contributed by atoms with E-state index >= 15 is 0 Å². The van der Waals surface area contributed by atoms with Gasteiger partial charge in [0.25, 0.3) is 0 Å². The van der Waals surface area contributed by atoms with E-state index in [-0.39, 0.29) is 0 Å². The molecule has 270 valence electrons. The summed E-state index contributed by atoms with van der Waals surface area (Å²) in [7, 11) is 0. The lowest BCUT2D eigenvalue weighted by Gasteiger charge is -2.11. The molecule has 13 rings (SSSR count). The van der Waals surface area contributed by atoms with Gasteiger partial charge in [0.2, 0.25) is 5.95 Å². The minimum absolute atomic E-state index is 0.513. The van der Waals surface area contributed by atoms with Gasteiger partial charge in [-0.05, 0) is 66.7 Å². The molecule has 5 aromatic heterocycles. The van der Waals surface area contributed by atoms with E-state index in [4.69, 9.17) is 23.8 Å². The van der Waals surface area contributed by atoms with E-state index in [9.17, 15) is 0 Å². The van der Waals surface area contributed by atoms with Gasteiger partial charge in [-0.15, -0.1) is 0 Å². The standard InChI is InChI=1S/C51H29N5O2/c1-6-19-41-32(12-1)33-13-2-7-20-42(33)55(41)31-25-27-46-40(29-31)38-17-11-18-39(48(38)58-46)50-52-49(30-24-26-37-36-16-5-10-23-45(36)57-47(37)28-30)53-51(54-50)56-43-21-8-3-14-34(43)35-15-4-9-22-44(35)56/h1-29H. The first-order valence-electron chi connectivity index (χ1n) is 19.4. The van der Waals surface area contributed by atoms with Gasteiger partial charge in [0.05, 0.1) is 27.6 Å². The predicted molar refractivity (Wildman–Crippen MR) is 234 cm³/mol. The van der Waals surface area contributed by atoms with E-state index in [0.717, 1.165) is 93.5 Å². The van der Waals surface area contributed by atoms with Crippen molar-refractivity contribution in [3.63, 3.8) is 0 Å². The molecule has 0 radical (unpaired) electrons. The molecule has 0 aliphatic heterocycles. The molecule has 7 nitrogen and oxygen atoms in total. The van der Waals surface area contributed by atoms with Gasteiger partial charge >= 0.3 is 0 Å². The van der Waals surface area contributed by atoms with Gasteiger partial charge in [-0.1, -0.05) is 109 Å². The van der Waals surface area contributed by atoms with Gasteiger partial charge < -0.3 is 13.4 Å². The second kappa shape index (κ2) is 11.7. The van der Waals surface area contributed by atoms with E-state index in [1.807, 2.05) is 30.3 Å². The molecule has 0 atom stereocenters. The topological polar surface area (TPSA) is 74.8 Å². The number of rotatable bonds is 4. The second-order valence-electron chi connectivity index (χ2n) is 14.8. The normalized spacial score (nSPS) is 12.1. The Hall–Kier alpha value is -8.03. The third kappa shape index (κ3) is 4.41. The van der Waals surface area contributed by atoms with Crippen molar-refractivity contribution in [2.24, 2.45) is 0 Å². The molecule has 0 amide bonds. The van der Waals surface area contributed by atoms with Crippen LogP contribution < -0.4 is 0 Å². The summed E-state index contributed by atoms with van der Waals surface area (Å²) in [6.45, 7) is 0. The number of aromatic nitrogens is 5. The summed E-state index contributed by atoms with van der Waals surface area (Å²) in [5, 5.41) is 8.83. The summed E-state index contributed by atoms with van der Waals surface area (Å²) in [6, 6.07) is 60.9. The van der Waals surface area contributed by atoms with E-state index in [0.29, 0.717) is 17.6 Å². The van der Waals surface area contributed by atoms with Gasteiger partial charge in [-0.2, -0.15) is 9.97 Å². The lowest BCUT2D eigenvalue weighted by atomic mass is 10.1. The summed E-state index contributed by atoms with van der Waals surface area (Å²) in [6.07, 6.45) is 0. The van der Waals surface area contributed by atoms with Gasteiger partial charge in [-0.3, -0.25) is 4.57 Å². The zero-order valence-corrected chi connectivity index (χ0v) is 30.8. The quantitative estimate of drug-likeness (QED) is 0.179. The van der Waals surface area contributed by atoms with Crippen LogP contribution in [0.5, 0.6) is 0 Å². The number of para-hydroxylation sites is 6. The van der Waals surface area contributed by atoms with Gasteiger partial charge in [0.1, 0.15) is 22.3 Å². The van der Waals surface area contributed by atoms with E-state index in [1.54, 1.807) is 0 Å². The molecule has 5 heterocycles. The Balaban J connectivity index is 1.05. The van der Waals surface area contributed by atoms with Crippen molar-refractivity contribution in [2.75, 3.05) is 0 Å². The maximum Gasteiger partial charge on any atom is 0.238 e. The van der Waals surface area contributed by atoms with Crippen LogP contribution in [0.4, 0.5) is 0 Å². The maximum atomic E-state index is 6.76. The Labute approximate surface area is 329 Å². The largest absolute Gasteiger partial charge is 0.456 e. The molecule has 0 aliphatic rings.